The standard InChI is InChI=1S/C19H20N2O4S/c22-17(20-9-8-13-4-1-5-14(12-13)19(24)25)15-6-2-10-21(15)18(23)16-7-3-11-26-16/h1,3-5,7,11-12,15H,2,6,8-10H2,(H,20,22)(H,24,25). The maximum atomic E-state index is 12.5. The summed E-state index contributed by atoms with van der Waals surface area (Å²) in [5.74, 6) is -1.21. The van der Waals surface area contributed by atoms with Crippen molar-refractivity contribution in [3.8, 4) is 0 Å². The van der Waals surface area contributed by atoms with Gasteiger partial charge in [0, 0.05) is 13.1 Å². The van der Waals surface area contributed by atoms with Gasteiger partial charge in [-0.25, -0.2) is 4.79 Å². The lowest BCUT2D eigenvalue weighted by Crippen LogP contribution is -2.46. The van der Waals surface area contributed by atoms with Gasteiger partial charge >= 0.3 is 5.97 Å². The number of carboxylic acid groups (broad SMARTS) is 1. The molecule has 1 aromatic heterocycles. The number of carbonyl (C=O) groups is 3. The molecule has 0 spiro atoms. The van der Waals surface area contributed by atoms with Crippen molar-refractivity contribution in [2.75, 3.05) is 13.1 Å². The Hall–Kier alpha value is -2.67. The van der Waals surface area contributed by atoms with E-state index in [1.54, 1.807) is 23.1 Å². The van der Waals surface area contributed by atoms with E-state index in [1.807, 2.05) is 17.5 Å². The zero-order chi connectivity index (χ0) is 18.5. The minimum absolute atomic E-state index is 0.0909. The van der Waals surface area contributed by atoms with Crippen molar-refractivity contribution in [2.45, 2.75) is 25.3 Å². The van der Waals surface area contributed by atoms with Crippen LogP contribution in [-0.4, -0.2) is 46.9 Å². The minimum Gasteiger partial charge on any atom is -0.478 e. The van der Waals surface area contributed by atoms with E-state index in [1.165, 1.54) is 17.4 Å². The van der Waals surface area contributed by atoms with Crippen molar-refractivity contribution in [1.82, 2.24) is 10.2 Å². The molecule has 0 aliphatic carbocycles. The second-order valence-electron chi connectivity index (χ2n) is 6.18. The minimum atomic E-state index is -0.968. The maximum absolute atomic E-state index is 12.5. The first-order valence-corrected chi connectivity index (χ1v) is 9.38. The fourth-order valence-corrected chi connectivity index (χ4v) is 3.81. The maximum Gasteiger partial charge on any atom is 0.335 e. The molecule has 26 heavy (non-hydrogen) atoms. The molecule has 0 saturated carbocycles. The van der Waals surface area contributed by atoms with Gasteiger partial charge in [-0.05, 0) is 48.4 Å². The highest BCUT2D eigenvalue weighted by molar-refractivity contribution is 7.12. The molecule has 7 heteroatoms. The molecule has 2 amide bonds. The number of carbonyl (C=O) groups excluding carboxylic acids is 2. The number of likely N-dealkylation sites (tertiary alicyclic amines) is 1. The summed E-state index contributed by atoms with van der Waals surface area (Å²) in [6.45, 7) is 0.995. The van der Waals surface area contributed by atoms with Gasteiger partial charge in [0.05, 0.1) is 10.4 Å². The number of benzene rings is 1. The van der Waals surface area contributed by atoms with Crippen LogP contribution in [0, 0.1) is 0 Å². The van der Waals surface area contributed by atoms with Crippen molar-refractivity contribution in [3.63, 3.8) is 0 Å². The number of carboxylic acids is 1. The summed E-state index contributed by atoms with van der Waals surface area (Å²) in [5.41, 5.74) is 1.08. The van der Waals surface area contributed by atoms with E-state index in [0.717, 1.165) is 12.0 Å². The lowest BCUT2D eigenvalue weighted by atomic mass is 10.1. The molecule has 1 aliphatic heterocycles. The van der Waals surface area contributed by atoms with Gasteiger partial charge in [-0.2, -0.15) is 0 Å². The number of hydrogen-bond acceptors (Lipinski definition) is 4. The van der Waals surface area contributed by atoms with Crippen molar-refractivity contribution >= 4 is 29.1 Å². The number of thiophene rings is 1. The molecule has 6 nitrogen and oxygen atoms in total. The van der Waals surface area contributed by atoms with Crippen LogP contribution in [0.4, 0.5) is 0 Å². The van der Waals surface area contributed by atoms with Crippen LogP contribution in [0.1, 0.15) is 38.4 Å². The Kier molecular flexibility index (Phi) is 5.68. The normalized spacial score (nSPS) is 16.5. The molecule has 2 N–H and O–H groups in total. The van der Waals surface area contributed by atoms with Crippen molar-refractivity contribution in [1.29, 1.82) is 0 Å². The Bertz CT molecular complexity index is 804. The van der Waals surface area contributed by atoms with E-state index in [0.29, 0.717) is 30.8 Å². The van der Waals surface area contributed by atoms with Crippen LogP contribution in [0.3, 0.4) is 0 Å². The number of hydrogen-bond donors (Lipinski definition) is 2. The zero-order valence-corrected chi connectivity index (χ0v) is 15.0. The van der Waals surface area contributed by atoms with Crippen LogP contribution in [0.15, 0.2) is 41.8 Å². The average molecular weight is 372 g/mol. The number of aromatic carboxylic acids is 1. The number of nitrogens with zero attached hydrogens (tertiary/aromatic N) is 1. The van der Waals surface area contributed by atoms with Crippen molar-refractivity contribution < 1.29 is 19.5 Å². The lowest BCUT2D eigenvalue weighted by molar-refractivity contribution is -0.124. The summed E-state index contributed by atoms with van der Waals surface area (Å²) in [7, 11) is 0. The third kappa shape index (κ3) is 4.11. The van der Waals surface area contributed by atoms with Gasteiger partial charge < -0.3 is 15.3 Å². The Balaban J connectivity index is 1.55. The first-order valence-electron chi connectivity index (χ1n) is 8.50. The van der Waals surface area contributed by atoms with E-state index < -0.39 is 12.0 Å². The van der Waals surface area contributed by atoms with Crippen LogP contribution in [0.25, 0.3) is 0 Å². The number of rotatable bonds is 6. The Morgan fingerprint density at radius 2 is 2.08 bits per heavy atom. The highest BCUT2D eigenvalue weighted by Gasteiger charge is 2.34. The Morgan fingerprint density at radius 3 is 2.81 bits per heavy atom. The number of amides is 2. The van der Waals surface area contributed by atoms with Crippen molar-refractivity contribution in [3.05, 3.63) is 57.8 Å². The SMILES string of the molecule is O=C(O)c1cccc(CCNC(=O)C2CCCN2C(=O)c2cccs2)c1. The molecule has 0 radical (unpaired) electrons. The second-order valence-corrected chi connectivity index (χ2v) is 7.13. The topological polar surface area (TPSA) is 86.7 Å². The molecular weight excluding hydrogens is 352 g/mol. The largest absolute Gasteiger partial charge is 0.478 e. The second kappa shape index (κ2) is 8.14. The van der Waals surface area contributed by atoms with Gasteiger partial charge in [0.25, 0.3) is 5.91 Å². The smallest absolute Gasteiger partial charge is 0.335 e. The summed E-state index contributed by atoms with van der Waals surface area (Å²) in [6, 6.07) is 9.84. The van der Waals surface area contributed by atoms with E-state index in [2.05, 4.69) is 5.32 Å². The highest BCUT2D eigenvalue weighted by Crippen LogP contribution is 2.22. The predicted octanol–water partition coefficient (Wildman–Crippen LogP) is 2.41. The monoisotopic (exact) mass is 372 g/mol. The first-order chi connectivity index (χ1) is 12.6. The summed E-state index contributed by atoms with van der Waals surface area (Å²) >= 11 is 1.38. The summed E-state index contributed by atoms with van der Waals surface area (Å²) in [4.78, 5) is 38.3. The first kappa shape index (κ1) is 18.1. The highest BCUT2D eigenvalue weighted by atomic mass is 32.1. The molecule has 2 aromatic rings. The van der Waals surface area contributed by atoms with E-state index in [9.17, 15) is 14.4 Å². The van der Waals surface area contributed by atoms with Gasteiger partial charge in [0.2, 0.25) is 5.91 Å². The van der Waals surface area contributed by atoms with Gasteiger partial charge in [-0.15, -0.1) is 11.3 Å². The van der Waals surface area contributed by atoms with Gasteiger partial charge in [-0.3, -0.25) is 9.59 Å². The molecule has 3 rings (SSSR count). The van der Waals surface area contributed by atoms with Crippen LogP contribution in [0.5, 0.6) is 0 Å². The summed E-state index contributed by atoms with van der Waals surface area (Å²) < 4.78 is 0. The van der Waals surface area contributed by atoms with Crippen LogP contribution in [0.2, 0.25) is 0 Å². The zero-order valence-electron chi connectivity index (χ0n) is 14.2. The average Bonchev–Trinajstić information content (AvgIpc) is 3.33. The third-order valence-electron chi connectivity index (χ3n) is 4.44. The quantitative estimate of drug-likeness (QED) is 0.815. The summed E-state index contributed by atoms with van der Waals surface area (Å²) in [6.07, 6.45) is 2.02. The van der Waals surface area contributed by atoms with Crippen LogP contribution >= 0.6 is 11.3 Å². The van der Waals surface area contributed by atoms with Gasteiger partial charge in [-0.1, -0.05) is 18.2 Å². The van der Waals surface area contributed by atoms with E-state index in [4.69, 9.17) is 5.11 Å². The van der Waals surface area contributed by atoms with E-state index in [-0.39, 0.29) is 17.4 Å². The molecule has 1 unspecified atom stereocenters. The Labute approximate surface area is 155 Å². The molecule has 1 aromatic carbocycles. The molecule has 0 bridgehead atoms. The fraction of sp³-hybridized carbons (Fsp3) is 0.316. The lowest BCUT2D eigenvalue weighted by Gasteiger charge is -2.23. The Morgan fingerprint density at radius 1 is 1.23 bits per heavy atom. The molecule has 1 fully saturated rings. The molecule has 2 heterocycles. The molecule has 1 atom stereocenters. The summed E-state index contributed by atoms with van der Waals surface area (Å²) in [5, 5.41) is 13.7. The van der Waals surface area contributed by atoms with Crippen LogP contribution in [-0.2, 0) is 11.2 Å². The third-order valence-corrected chi connectivity index (χ3v) is 5.29. The van der Waals surface area contributed by atoms with Crippen molar-refractivity contribution in [2.24, 2.45) is 0 Å². The predicted molar refractivity (Wildman–Crippen MR) is 98.5 cm³/mol. The van der Waals surface area contributed by atoms with Crippen LogP contribution < -0.4 is 5.32 Å². The van der Waals surface area contributed by atoms with Gasteiger partial charge in [0.1, 0.15) is 6.04 Å². The molecule has 1 aliphatic rings. The number of nitrogens with one attached hydrogen (secondary N) is 1. The van der Waals surface area contributed by atoms with E-state index >= 15 is 0 Å². The molecule has 1 saturated heterocycles. The molecule has 136 valence electrons. The molecular formula is C19H20N2O4S. The van der Waals surface area contributed by atoms with Gasteiger partial charge in [0.15, 0.2) is 0 Å². The fourth-order valence-electron chi connectivity index (χ4n) is 3.13.